The number of amides is 1. The fourth-order valence-electron chi connectivity index (χ4n) is 3.36. The maximum atomic E-state index is 13.2. The molecule has 0 bridgehead atoms. The Hall–Kier alpha value is -2.46. The molecule has 0 unspecified atom stereocenters. The van der Waals surface area contributed by atoms with E-state index >= 15 is 0 Å². The highest BCUT2D eigenvalue weighted by atomic mass is 32.1. The first-order chi connectivity index (χ1) is 12.1. The minimum absolute atomic E-state index is 0.0713. The molecule has 25 heavy (non-hydrogen) atoms. The van der Waals surface area contributed by atoms with Crippen molar-refractivity contribution in [2.75, 3.05) is 11.4 Å². The van der Waals surface area contributed by atoms with Gasteiger partial charge in [0.25, 0.3) is 5.91 Å². The molecule has 4 heteroatoms. The number of hydrogen-bond donors (Lipinski definition) is 0. The zero-order chi connectivity index (χ0) is 17.4. The Labute approximate surface area is 152 Å². The highest BCUT2D eigenvalue weighted by Gasteiger charge is 2.26. The molecule has 0 aliphatic carbocycles. The van der Waals surface area contributed by atoms with E-state index in [1.807, 2.05) is 42.2 Å². The predicted molar refractivity (Wildman–Crippen MR) is 103 cm³/mol. The monoisotopic (exact) mass is 348 g/mol. The van der Waals surface area contributed by atoms with Gasteiger partial charge in [-0.3, -0.25) is 4.79 Å². The van der Waals surface area contributed by atoms with Crippen molar-refractivity contribution in [3.05, 3.63) is 70.2 Å². The predicted octanol–water partition coefficient (Wildman–Crippen LogP) is 5.02. The van der Waals surface area contributed by atoms with Crippen LogP contribution < -0.4 is 4.90 Å². The van der Waals surface area contributed by atoms with Crippen LogP contribution in [0.4, 0.5) is 5.69 Å². The van der Waals surface area contributed by atoms with Crippen molar-refractivity contribution in [2.45, 2.75) is 26.7 Å². The summed E-state index contributed by atoms with van der Waals surface area (Å²) in [6.45, 7) is 4.80. The van der Waals surface area contributed by atoms with Gasteiger partial charge in [-0.1, -0.05) is 48.0 Å². The lowest BCUT2D eigenvalue weighted by atomic mass is 9.99. The third-order valence-electron chi connectivity index (χ3n) is 4.61. The number of rotatable bonds is 2. The van der Waals surface area contributed by atoms with Crippen LogP contribution in [0.1, 0.15) is 32.9 Å². The van der Waals surface area contributed by atoms with Gasteiger partial charge >= 0.3 is 0 Å². The molecule has 2 heterocycles. The van der Waals surface area contributed by atoms with E-state index in [-0.39, 0.29) is 5.91 Å². The molecule has 0 atom stereocenters. The summed E-state index contributed by atoms with van der Waals surface area (Å²) in [6.07, 6.45) is 2.04. The van der Waals surface area contributed by atoms with Crippen LogP contribution in [0, 0.1) is 13.8 Å². The van der Waals surface area contributed by atoms with Gasteiger partial charge in [-0.15, -0.1) is 11.3 Å². The van der Waals surface area contributed by atoms with E-state index in [4.69, 9.17) is 0 Å². The summed E-state index contributed by atoms with van der Waals surface area (Å²) in [5.41, 5.74) is 5.44. The molecule has 1 aliphatic rings. The van der Waals surface area contributed by atoms with E-state index in [1.54, 1.807) is 0 Å². The first-order valence-corrected chi connectivity index (χ1v) is 9.39. The number of anilines is 1. The van der Waals surface area contributed by atoms with Crippen LogP contribution in [0.2, 0.25) is 0 Å². The highest BCUT2D eigenvalue weighted by Crippen LogP contribution is 2.33. The van der Waals surface area contributed by atoms with Gasteiger partial charge in [0.2, 0.25) is 0 Å². The molecule has 1 aromatic heterocycles. The van der Waals surface area contributed by atoms with Crippen molar-refractivity contribution in [1.29, 1.82) is 0 Å². The van der Waals surface area contributed by atoms with Crippen molar-refractivity contribution >= 4 is 22.9 Å². The second-order valence-electron chi connectivity index (χ2n) is 6.49. The third-order valence-corrected chi connectivity index (χ3v) is 5.80. The van der Waals surface area contributed by atoms with Gasteiger partial charge in [0, 0.05) is 17.8 Å². The molecule has 0 saturated heterocycles. The molecule has 3 nitrogen and oxygen atoms in total. The van der Waals surface area contributed by atoms with Crippen LogP contribution in [0.3, 0.4) is 0 Å². The first kappa shape index (κ1) is 16.0. The van der Waals surface area contributed by atoms with Gasteiger partial charge in [0.15, 0.2) is 0 Å². The molecule has 0 radical (unpaired) electrons. The zero-order valence-corrected chi connectivity index (χ0v) is 15.3. The molecule has 2 aromatic carbocycles. The van der Waals surface area contributed by atoms with Crippen LogP contribution >= 0.6 is 11.3 Å². The Morgan fingerprint density at radius 1 is 1.12 bits per heavy atom. The Balaban J connectivity index is 1.70. The van der Waals surface area contributed by atoms with Crippen LogP contribution in [-0.2, 0) is 6.42 Å². The summed E-state index contributed by atoms with van der Waals surface area (Å²) in [6, 6.07) is 16.4. The van der Waals surface area contributed by atoms with E-state index in [2.05, 4.69) is 30.1 Å². The number of nitrogens with zero attached hydrogens (tertiary/aromatic N) is 2. The van der Waals surface area contributed by atoms with Gasteiger partial charge in [0.05, 0.1) is 5.69 Å². The quantitative estimate of drug-likeness (QED) is 0.651. The minimum Gasteiger partial charge on any atom is -0.307 e. The lowest BCUT2D eigenvalue weighted by Crippen LogP contribution is -2.35. The molecule has 1 aliphatic heterocycles. The van der Waals surface area contributed by atoms with Gasteiger partial charge in [-0.05, 0) is 38.3 Å². The number of aromatic nitrogens is 1. The van der Waals surface area contributed by atoms with Gasteiger partial charge in [0.1, 0.15) is 9.88 Å². The van der Waals surface area contributed by atoms with E-state index in [9.17, 15) is 4.79 Å². The number of carbonyl (C=O) groups is 1. The van der Waals surface area contributed by atoms with Crippen LogP contribution in [0.5, 0.6) is 0 Å². The fourth-order valence-corrected chi connectivity index (χ4v) is 4.38. The Bertz CT molecular complexity index is 930. The molecule has 126 valence electrons. The minimum atomic E-state index is 0.0713. The lowest BCUT2D eigenvalue weighted by Gasteiger charge is -2.29. The van der Waals surface area contributed by atoms with E-state index in [0.29, 0.717) is 0 Å². The smallest absolute Gasteiger partial charge is 0.270 e. The largest absolute Gasteiger partial charge is 0.307 e. The molecule has 0 fully saturated rings. The van der Waals surface area contributed by atoms with Crippen molar-refractivity contribution in [3.63, 3.8) is 0 Å². The first-order valence-electron chi connectivity index (χ1n) is 8.58. The summed E-state index contributed by atoms with van der Waals surface area (Å²) in [5.74, 6) is 0.0713. The average molecular weight is 348 g/mol. The Morgan fingerprint density at radius 3 is 2.72 bits per heavy atom. The highest BCUT2D eigenvalue weighted by molar-refractivity contribution is 7.17. The molecule has 0 saturated carbocycles. The maximum absolute atomic E-state index is 13.2. The Kier molecular flexibility index (Phi) is 4.14. The number of aryl methyl sites for hydroxylation is 3. The summed E-state index contributed by atoms with van der Waals surface area (Å²) in [5, 5.41) is 0.905. The summed E-state index contributed by atoms with van der Waals surface area (Å²) < 4.78 is 0. The topological polar surface area (TPSA) is 33.2 Å². The van der Waals surface area contributed by atoms with Crippen molar-refractivity contribution in [3.8, 4) is 10.6 Å². The zero-order valence-electron chi connectivity index (χ0n) is 14.5. The second kappa shape index (κ2) is 6.45. The van der Waals surface area contributed by atoms with E-state index in [0.717, 1.165) is 46.2 Å². The van der Waals surface area contributed by atoms with Gasteiger partial charge < -0.3 is 4.90 Å². The van der Waals surface area contributed by atoms with Gasteiger partial charge in [-0.2, -0.15) is 0 Å². The van der Waals surface area contributed by atoms with Crippen molar-refractivity contribution in [2.24, 2.45) is 0 Å². The standard InChI is InChI=1S/C21H20N2OS/c1-14-10-11-18-17(13-14)9-6-12-23(18)21(24)19-15(2)22-20(25-19)16-7-4-3-5-8-16/h3-5,7-8,10-11,13H,6,9,12H2,1-2H3. The number of carbonyl (C=O) groups excluding carboxylic acids is 1. The van der Waals surface area contributed by atoms with Crippen LogP contribution in [0.25, 0.3) is 10.6 Å². The second-order valence-corrected chi connectivity index (χ2v) is 7.49. The fraction of sp³-hybridized carbons (Fsp3) is 0.238. The number of benzene rings is 2. The normalized spacial score (nSPS) is 13.6. The summed E-state index contributed by atoms with van der Waals surface area (Å²) in [7, 11) is 0. The lowest BCUT2D eigenvalue weighted by molar-refractivity contribution is 0.0988. The molecule has 4 rings (SSSR count). The maximum Gasteiger partial charge on any atom is 0.270 e. The Morgan fingerprint density at radius 2 is 1.92 bits per heavy atom. The molecular formula is C21H20N2OS. The van der Waals surface area contributed by atoms with Crippen molar-refractivity contribution in [1.82, 2.24) is 4.98 Å². The van der Waals surface area contributed by atoms with E-state index in [1.165, 1.54) is 22.5 Å². The molecule has 1 amide bonds. The SMILES string of the molecule is Cc1ccc2c(c1)CCCN2C(=O)c1sc(-c2ccccc2)nc1C. The summed E-state index contributed by atoms with van der Waals surface area (Å²) >= 11 is 1.49. The average Bonchev–Trinajstić information content (AvgIpc) is 3.03. The molecular weight excluding hydrogens is 328 g/mol. The third kappa shape index (κ3) is 2.98. The number of thiazole rings is 1. The van der Waals surface area contributed by atoms with E-state index < -0.39 is 0 Å². The molecule has 3 aromatic rings. The molecule has 0 N–H and O–H groups in total. The number of hydrogen-bond acceptors (Lipinski definition) is 3. The van der Waals surface area contributed by atoms with Crippen LogP contribution in [0.15, 0.2) is 48.5 Å². The van der Waals surface area contributed by atoms with Gasteiger partial charge in [-0.25, -0.2) is 4.98 Å². The van der Waals surface area contributed by atoms with Crippen LogP contribution in [-0.4, -0.2) is 17.4 Å². The van der Waals surface area contributed by atoms with Crippen molar-refractivity contribution < 1.29 is 4.79 Å². The number of fused-ring (bicyclic) bond motifs is 1. The summed E-state index contributed by atoms with van der Waals surface area (Å²) in [4.78, 5) is 20.5. The molecule has 0 spiro atoms.